The topological polar surface area (TPSA) is 137 Å². The maximum Gasteiger partial charge on any atom is 0.243 e. The van der Waals surface area contributed by atoms with Gasteiger partial charge in [-0.1, -0.05) is 48.5 Å². The lowest BCUT2D eigenvalue weighted by atomic mass is 10.0. The molecule has 2 aromatic rings. The third-order valence-electron chi connectivity index (χ3n) is 5.83. The molecule has 2 aromatic carbocycles. The summed E-state index contributed by atoms with van der Waals surface area (Å²) in [7, 11) is 0. The van der Waals surface area contributed by atoms with Crippen molar-refractivity contribution in [2.45, 2.75) is 57.3 Å². The Hall–Kier alpha value is -2.47. The minimum absolute atomic E-state index is 0.00830. The number of aliphatic hydroxyl groups is 2. The number of benzene rings is 2. The van der Waals surface area contributed by atoms with Crippen LogP contribution >= 0.6 is 11.8 Å². The van der Waals surface area contributed by atoms with Crippen LogP contribution < -0.4 is 10.8 Å². The minimum atomic E-state index is -0.553. The Morgan fingerprint density at radius 3 is 2.25 bits per heavy atom. The molecule has 0 bridgehead atoms. The summed E-state index contributed by atoms with van der Waals surface area (Å²) in [6.45, 7) is 0.475. The highest BCUT2D eigenvalue weighted by atomic mass is 32.2. The van der Waals surface area contributed by atoms with E-state index in [2.05, 4.69) is 5.32 Å². The highest BCUT2D eigenvalue weighted by Crippen LogP contribution is 2.38. The van der Waals surface area contributed by atoms with Crippen LogP contribution in [0, 0.1) is 0 Å². The van der Waals surface area contributed by atoms with Crippen molar-refractivity contribution in [3.8, 4) is 0 Å². The lowest BCUT2D eigenvalue weighted by Crippen LogP contribution is -2.31. The first-order chi connectivity index (χ1) is 17.5. The molecule has 0 spiro atoms. The smallest absolute Gasteiger partial charge is 0.243 e. The first-order valence-electron chi connectivity index (χ1n) is 12.0. The molecule has 3 atom stereocenters. The third kappa shape index (κ3) is 8.88. The second-order valence-corrected chi connectivity index (χ2v) is 9.71. The fourth-order valence-corrected chi connectivity index (χ4v) is 4.62. The fraction of sp³-hybridized carbons (Fsp3) is 0.462. The number of rotatable bonds is 13. The van der Waals surface area contributed by atoms with E-state index in [1.165, 1.54) is 0 Å². The molecule has 2 amide bonds. The monoisotopic (exact) mass is 518 g/mol. The van der Waals surface area contributed by atoms with Crippen LogP contribution in [0.15, 0.2) is 48.5 Å². The number of ether oxygens (including phenoxy) is 2. The van der Waals surface area contributed by atoms with Gasteiger partial charge < -0.3 is 25.0 Å². The molecule has 0 aliphatic carbocycles. The van der Waals surface area contributed by atoms with Crippen LogP contribution in [-0.4, -0.2) is 51.5 Å². The summed E-state index contributed by atoms with van der Waals surface area (Å²) in [6.07, 6.45) is 0.574. The van der Waals surface area contributed by atoms with Gasteiger partial charge in [-0.05, 0) is 23.1 Å². The molecule has 1 aliphatic heterocycles. The second kappa shape index (κ2) is 14.9. The molecule has 0 radical (unpaired) electrons. The molecule has 3 unspecified atom stereocenters. The molecule has 5 N–H and O–H groups in total. The van der Waals surface area contributed by atoms with Gasteiger partial charge in [0.15, 0.2) is 6.29 Å². The van der Waals surface area contributed by atoms with E-state index in [4.69, 9.17) is 19.8 Å². The first kappa shape index (κ1) is 28.1. The fourth-order valence-electron chi connectivity index (χ4n) is 3.85. The Labute approximate surface area is 215 Å². The molecule has 196 valence electrons. The Morgan fingerprint density at radius 1 is 0.917 bits per heavy atom. The van der Waals surface area contributed by atoms with Gasteiger partial charge in [0.25, 0.3) is 0 Å². The Morgan fingerprint density at radius 2 is 1.58 bits per heavy atom. The number of nitrogens with one attached hydrogen (secondary N) is 2. The normalized spacial score (nSPS) is 19.6. The van der Waals surface area contributed by atoms with Crippen LogP contribution in [0.1, 0.15) is 60.3 Å². The molecule has 1 aliphatic rings. The average Bonchev–Trinajstić information content (AvgIpc) is 2.92. The van der Waals surface area contributed by atoms with Gasteiger partial charge in [0.1, 0.15) is 0 Å². The van der Waals surface area contributed by atoms with Gasteiger partial charge in [-0.2, -0.15) is 11.8 Å². The van der Waals surface area contributed by atoms with E-state index in [1.807, 2.05) is 48.5 Å². The zero-order valence-corrected chi connectivity index (χ0v) is 20.9. The summed E-state index contributed by atoms with van der Waals surface area (Å²) < 4.78 is 12.6. The van der Waals surface area contributed by atoms with Crippen molar-refractivity contribution in [3.05, 3.63) is 70.8 Å². The standard InChI is InChI=1S/C26H34N2O7S/c29-12-13-36-17-22-14-23(20-8-6-19(16-30)7-9-20)35-26(34-22)21-10-4-18(5-11-21)15-27-24(31)2-1-3-25(32)28-33/h4-11,22-23,26,29-30,33H,1-3,12-17H2,(H,27,31)(H,28,32). The second-order valence-electron chi connectivity index (χ2n) is 8.56. The van der Waals surface area contributed by atoms with E-state index in [1.54, 1.807) is 17.2 Å². The number of carbonyl (C=O) groups excluding carboxylic acids is 2. The van der Waals surface area contributed by atoms with Gasteiger partial charge in [0.2, 0.25) is 11.8 Å². The molecular weight excluding hydrogens is 484 g/mol. The van der Waals surface area contributed by atoms with Gasteiger partial charge in [-0.25, -0.2) is 5.48 Å². The van der Waals surface area contributed by atoms with Gasteiger partial charge in [0.05, 0.1) is 25.4 Å². The Balaban J connectivity index is 1.59. The SMILES string of the molecule is O=C(CCCC(=O)NCc1ccc(C2OC(CSCCO)CC(c3ccc(CO)cc3)O2)cc1)NO. The van der Waals surface area contributed by atoms with Crippen LogP contribution in [-0.2, 0) is 32.2 Å². The van der Waals surface area contributed by atoms with Crippen molar-refractivity contribution < 1.29 is 34.5 Å². The number of thioether (sulfide) groups is 1. The van der Waals surface area contributed by atoms with Gasteiger partial charge in [-0.3, -0.25) is 14.8 Å². The summed E-state index contributed by atoms with van der Waals surface area (Å²) in [6, 6.07) is 15.4. The molecule has 9 nitrogen and oxygen atoms in total. The van der Waals surface area contributed by atoms with Gasteiger partial charge in [0, 0.05) is 42.9 Å². The van der Waals surface area contributed by atoms with Crippen molar-refractivity contribution in [1.82, 2.24) is 10.8 Å². The maximum atomic E-state index is 12.0. The summed E-state index contributed by atoms with van der Waals surface area (Å²) in [4.78, 5) is 23.0. The molecule has 10 heteroatoms. The number of aliphatic hydroxyl groups excluding tert-OH is 2. The summed E-state index contributed by atoms with van der Waals surface area (Å²) in [5, 5.41) is 29.8. The van der Waals surface area contributed by atoms with Crippen molar-refractivity contribution in [3.63, 3.8) is 0 Å². The molecule has 1 heterocycles. The van der Waals surface area contributed by atoms with Crippen molar-refractivity contribution in [2.75, 3.05) is 18.1 Å². The van der Waals surface area contributed by atoms with Crippen molar-refractivity contribution >= 4 is 23.6 Å². The predicted octanol–water partition coefficient (Wildman–Crippen LogP) is 2.74. The van der Waals surface area contributed by atoms with E-state index in [0.717, 1.165) is 28.0 Å². The highest BCUT2D eigenvalue weighted by Gasteiger charge is 2.32. The minimum Gasteiger partial charge on any atom is -0.396 e. The van der Waals surface area contributed by atoms with Crippen LogP contribution in [0.5, 0.6) is 0 Å². The molecule has 0 aromatic heterocycles. The number of hydrogen-bond donors (Lipinski definition) is 5. The molecule has 0 saturated carbocycles. The Kier molecular flexibility index (Phi) is 11.7. The van der Waals surface area contributed by atoms with Gasteiger partial charge >= 0.3 is 0 Å². The number of hydrogen-bond acceptors (Lipinski definition) is 8. The quantitative estimate of drug-likeness (QED) is 0.155. The van der Waals surface area contributed by atoms with Crippen LogP contribution in [0.25, 0.3) is 0 Å². The predicted molar refractivity (Wildman–Crippen MR) is 135 cm³/mol. The largest absolute Gasteiger partial charge is 0.396 e. The molecular formula is C26H34N2O7S. The summed E-state index contributed by atoms with van der Waals surface area (Å²) in [5.74, 6) is 0.720. The van der Waals surface area contributed by atoms with Crippen molar-refractivity contribution in [1.29, 1.82) is 0 Å². The summed E-state index contributed by atoms with van der Waals surface area (Å²) in [5.41, 5.74) is 5.20. The molecule has 3 rings (SSSR count). The third-order valence-corrected chi connectivity index (χ3v) is 6.91. The molecule has 1 saturated heterocycles. The zero-order valence-electron chi connectivity index (χ0n) is 20.1. The number of carbonyl (C=O) groups is 2. The van der Waals surface area contributed by atoms with Crippen LogP contribution in [0.2, 0.25) is 0 Å². The van der Waals surface area contributed by atoms with E-state index < -0.39 is 12.2 Å². The van der Waals surface area contributed by atoms with E-state index in [9.17, 15) is 14.7 Å². The van der Waals surface area contributed by atoms with Crippen LogP contribution in [0.4, 0.5) is 0 Å². The molecule has 36 heavy (non-hydrogen) atoms. The van der Waals surface area contributed by atoms with Crippen LogP contribution in [0.3, 0.4) is 0 Å². The highest BCUT2D eigenvalue weighted by molar-refractivity contribution is 7.99. The summed E-state index contributed by atoms with van der Waals surface area (Å²) >= 11 is 1.64. The van der Waals surface area contributed by atoms with Crippen molar-refractivity contribution in [2.24, 2.45) is 0 Å². The van der Waals surface area contributed by atoms with E-state index >= 15 is 0 Å². The number of hydroxylamine groups is 1. The molecule has 1 fully saturated rings. The average molecular weight is 519 g/mol. The van der Waals surface area contributed by atoms with Gasteiger partial charge in [-0.15, -0.1) is 0 Å². The zero-order chi connectivity index (χ0) is 25.8. The first-order valence-corrected chi connectivity index (χ1v) is 13.2. The van der Waals surface area contributed by atoms with E-state index in [-0.39, 0.29) is 44.2 Å². The lowest BCUT2D eigenvalue weighted by Gasteiger charge is -2.36. The maximum absolute atomic E-state index is 12.0. The lowest BCUT2D eigenvalue weighted by molar-refractivity contribution is -0.245. The van der Waals surface area contributed by atoms with E-state index in [0.29, 0.717) is 25.1 Å². The number of amides is 2. The Bertz CT molecular complexity index is 956.